The maximum atomic E-state index is 15.4. The van der Waals surface area contributed by atoms with Crippen LogP contribution in [0.25, 0.3) is 11.1 Å². The van der Waals surface area contributed by atoms with E-state index in [-0.39, 0.29) is 17.0 Å². The summed E-state index contributed by atoms with van der Waals surface area (Å²) in [5, 5.41) is -0.676. The molecule has 30 heavy (non-hydrogen) atoms. The Morgan fingerprint density at radius 1 is 1.00 bits per heavy atom. The van der Waals surface area contributed by atoms with Gasteiger partial charge in [-0.3, -0.25) is 0 Å². The van der Waals surface area contributed by atoms with Crippen molar-refractivity contribution in [3.05, 3.63) is 69.8 Å². The molecule has 0 aliphatic heterocycles. The van der Waals surface area contributed by atoms with Crippen LogP contribution < -0.4 is 0 Å². The molecule has 0 heterocycles. The molecular weight excluding hydrogens is 412 g/mol. The van der Waals surface area contributed by atoms with Crippen LogP contribution in [-0.2, 0) is 6.42 Å². The zero-order chi connectivity index (χ0) is 21.4. The van der Waals surface area contributed by atoms with Crippen LogP contribution in [0.15, 0.2) is 30.4 Å². The number of allylic oxidation sites excluding steroid dienone is 2. The van der Waals surface area contributed by atoms with Crippen molar-refractivity contribution in [1.29, 1.82) is 0 Å². The molecule has 0 radical (unpaired) electrons. The van der Waals surface area contributed by atoms with Gasteiger partial charge >= 0.3 is 0 Å². The second-order valence-electron chi connectivity index (χ2n) is 8.56. The zero-order valence-corrected chi connectivity index (χ0v) is 17.7. The smallest absolute Gasteiger partial charge is 0.145 e. The Balaban J connectivity index is 1.66. The highest BCUT2D eigenvalue weighted by atomic mass is 35.5. The summed E-state index contributed by atoms with van der Waals surface area (Å²) in [6.45, 7) is 2.16. The molecule has 1 saturated carbocycles. The van der Waals surface area contributed by atoms with E-state index in [9.17, 15) is 13.2 Å². The van der Waals surface area contributed by atoms with Gasteiger partial charge in [0.15, 0.2) is 0 Å². The van der Waals surface area contributed by atoms with E-state index in [2.05, 4.69) is 19.1 Å². The number of fused-ring (bicyclic) bond motifs is 3. The third-order valence-electron chi connectivity index (χ3n) is 6.68. The molecule has 5 heteroatoms. The van der Waals surface area contributed by atoms with Crippen LogP contribution >= 0.6 is 11.6 Å². The van der Waals surface area contributed by atoms with Crippen LogP contribution in [0.2, 0.25) is 5.02 Å². The molecule has 2 aliphatic rings. The fourth-order valence-corrected chi connectivity index (χ4v) is 5.33. The molecule has 0 amide bonds. The van der Waals surface area contributed by atoms with E-state index < -0.39 is 28.3 Å². The predicted octanol–water partition coefficient (Wildman–Crippen LogP) is 8.37. The van der Waals surface area contributed by atoms with Gasteiger partial charge in [0.05, 0.1) is 5.56 Å². The minimum atomic E-state index is -1.03. The first-order valence-electron chi connectivity index (χ1n) is 10.7. The summed E-state index contributed by atoms with van der Waals surface area (Å²) in [7, 11) is 0. The summed E-state index contributed by atoms with van der Waals surface area (Å²) < 4.78 is 58.1. The molecule has 0 bridgehead atoms. The topological polar surface area (TPSA) is 0 Å². The number of hydrogen-bond acceptors (Lipinski definition) is 0. The largest absolute Gasteiger partial charge is 0.206 e. The van der Waals surface area contributed by atoms with Crippen LogP contribution in [0, 0.1) is 35.1 Å². The molecular formula is C25H25ClF4. The summed E-state index contributed by atoms with van der Waals surface area (Å²) in [5.74, 6) is -2.45. The molecule has 0 spiro atoms. The monoisotopic (exact) mass is 436 g/mol. The normalized spacial score (nSPS) is 23.5. The lowest BCUT2D eigenvalue weighted by atomic mass is 9.65. The highest BCUT2D eigenvalue weighted by molar-refractivity contribution is 6.31. The molecule has 0 nitrogen and oxygen atoms in total. The van der Waals surface area contributed by atoms with E-state index in [4.69, 9.17) is 11.6 Å². The second kappa shape index (κ2) is 8.74. The lowest BCUT2D eigenvalue weighted by molar-refractivity contribution is 0.234. The van der Waals surface area contributed by atoms with Gasteiger partial charge in [-0.25, -0.2) is 17.6 Å². The molecule has 0 aromatic heterocycles. The van der Waals surface area contributed by atoms with Crippen molar-refractivity contribution in [2.45, 2.75) is 57.8 Å². The molecule has 0 unspecified atom stereocenters. The summed E-state index contributed by atoms with van der Waals surface area (Å²) in [6, 6.07) is 3.17. The van der Waals surface area contributed by atoms with E-state index in [0.717, 1.165) is 56.2 Å². The third kappa shape index (κ3) is 3.91. The summed E-state index contributed by atoms with van der Waals surface area (Å²) in [5.41, 5.74) is 0.677. The Kier molecular flexibility index (Phi) is 6.24. The lowest BCUT2D eigenvalue weighted by Gasteiger charge is -2.40. The molecule has 2 aromatic carbocycles. The first kappa shape index (κ1) is 21.4. The van der Waals surface area contributed by atoms with Gasteiger partial charge in [-0.1, -0.05) is 37.1 Å². The molecule has 0 saturated heterocycles. The Morgan fingerprint density at radius 2 is 1.73 bits per heavy atom. The number of hydrogen-bond donors (Lipinski definition) is 0. The van der Waals surface area contributed by atoms with Gasteiger partial charge in [0.1, 0.15) is 28.3 Å². The Hall–Kier alpha value is -1.81. The minimum Gasteiger partial charge on any atom is -0.206 e. The van der Waals surface area contributed by atoms with Crippen molar-refractivity contribution in [3.8, 4) is 11.1 Å². The molecule has 160 valence electrons. The fraction of sp³-hybridized carbons (Fsp3) is 0.440. The predicted molar refractivity (Wildman–Crippen MR) is 113 cm³/mol. The van der Waals surface area contributed by atoms with E-state index in [1.54, 1.807) is 0 Å². The SMILES string of the molecule is CCC/C=C/[C@@H]1CC[C@@H]2c3cc(F)c(-c4cc(F)c(Cl)c(F)c4)c(F)c3CC[C@@H]2C1. The maximum Gasteiger partial charge on any atom is 0.145 e. The first-order valence-corrected chi connectivity index (χ1v) is 11.1. The maximum absolute atomic E-state index is 15.4. The Bertz CT molecular complexity index is 959. The van der Waals surface area contributed by atoms with Crippen LogP contribution in [0.1, 0.15) is 62.5 Å². The average molecular weight is 437 g/mol. The van der Waals surface area contributed by atoms with Crippen molar-refractivity contribution in [2.24, 2.45) is 11.8 Å². The lowest BCUT2D eigenvalue weighted by Crippen LogP contribution is -2.28. The van der Waals surface area contributed by atoms with Crippen LogP contribution in [-0.4, -0.2) is 0 Å². The van der Waals surface area contributed by atoms with Crippen molar-refractivity contribution >= 4 is 11.6 Å². The fourth-order valence-electron chi connectivity index (χ4n) is 5.22. The zero-order valence-electron chi connectivity index (χ0n) is 17.0. The Labute approximate surface area is 179 Å². The van der Waals surface area contributed by atoms with E-state index in [1.807, 2.05) is 0 Å². The number of rotatable bonds is 4. The van der Waals surface area contributed by atoms with Gasteiger partial charge in [-0.05, 0) is 91.2 Å². The molecule has 2 aliphatic carbocycles. The van der Waals surface area contributed by atoms with Gasteiger partial charge in [-0.2, -0.15) is 0 Å². The highest BCUT2D eigenvalue weighted by Crippen LogP contribution is 2.49. The highest BCUT2D eigenvalue weighted by Gasteiger charge is 2.37. The summed E-state index contributed by atoms with van der Waals surface area (Å²) in [4.78, 5) is 0. The first-order chi connectivity index (χ1) is 14.4. The number of unbranched alkanes of at least 4 members (excludes halogenated alkanes) is 1. The molecule has 2 aromatic rings. The van der Waals surface area contributed by atoms with Gasteiger partial charge in [0, 0.05) is 0 Å². The quantitative estimate of drug-likeness (QED) is 0.256. The van der Waals surface area contributed by atoms with E-state index in [1.165, 1.54) is 6.07 Å². The van der Waals surface area contributed by atoms with Gasteiger partial charge in [-0.15, -0.1) is 0 Å². The van der Waals surface area contributed by atoms with Crippen molar-refractivity contribution in [2.75, 3.05) is 0 Å². The van der Waals surface area contributed by atoms with Crippen LogP contribution in [0.4, 0.5) is 17.6 Å². The molecule has 3 atom stereocenters. The number of halogens is 5. The second-order valence-corrected chi connectivity index (χ2v) is 8.94. The van der Waals surface area contributed by atoms with Gasteiger partial charge in [0.25, 0.3) is 0 Å². The van der Waals surface area contributed by atoms with Gasteiger partial charge < -0.3 is 0 Å². The average Bonchev–Trinajstić information content (AvgIpc) is 2.72. The molecule has 4 rings (SSSR count). The standard InChI is InChI=1S/C25H25ClF4/c1-2-3-4-5-14-6-8-17-15(10-14)7-9-18-19(17)13-20(27)23(25(18)30)16-11-21(28)24(26)22(29)12-16/h4-5,11-15,17H,2-3,6-10H2,1H3/b5-4+/t14-,15-,17+/m1/s1. The van der Waals surface area contributed by atoms with Gasteiger partial charge in [0.2, 0.25) is 0 Å². The van der Waals surface area contributed by atoms with E-state index in [0.29, 0.717) is 23.8 Å². The van der Waals surface area contributed by atoms with Crippen molar-refractivity contribution in [3.63, 3.8) is 0 Å². The van der Waals surface area contributed by atoms with Crippen LogP contribution in [0.5, 0.6) is 0 Å². The minimum absolute atomic E-state index is 0.140. The van der Waals surface area contributed by atoms with Crippen molar-refractivity contribution in [1.82, 2.24) is 0 Å². The summed E-state index contributed by atoms with van der Waals surface area (Å²) in [6.07, 6.45) is 11.1. The van der Waals surface area contributed by atoms with Crippen LogP contribution in [0.3, 0.4) is 0 Å². The number of benzene rings is 2. The molecule has 1 fully saturated rings. The summed E-state index contributed by atoms with van der Waals surface area (Å²) >= 11 is 5.52. The van der Waals surface area contributed by atoms with E-state index >= 15 is 4.39 Å². The third-order valence-corrected chi connectivity index (χ3v) is 7.04. The Morgan fingerprint density at radius 3 is 2.43 bits per heavy atom. The van der Waals surface area contributed by atoms with Crippen molar-refractivity contribution < 1.29 is 17.6 Å². The molecule has 0 N–H and O–H groups in total.